The topological polar surface area (TPSA) is 79.6 Å². The molecule has 4 rings (SSSR count). The number of nitrogens with zero attached hydrogens (tertiary/aromatic N) is 4. The lowest BCUT2D eigenvalue weighted by atomic mass is 10.1. The van der Waals surface area contributed by atoms with E-state index in [-0.39, 0.29) is 5.69 Å². The zero-order valence-electron chi connectivity index (χ0n) is 15.0. The molecule has 0 N–H and O–H groups in total. The molecule has 1 aliphatic heterocycles. The molecule has 1 aliphatic rings. The van der Waals surface area contributed by atoms with E-state index in [0.717, 1.165) is 35.9 Å². The van der Waals surface area contributed by atoms with Crippen molar-refractivity contribution in [2.45, 2.75) is 6.54 Å². The van der Waals surface area contributed by atoms with Gasteiger partial charge < -0.3 is 4.90 Å². The second-order valence-electron chi connectivity index (χ2n) is 6.54. The van der Waals surface area contributed by atoms with Crippen LogP contribution in [0.2, 0.25) is 0 Å². The fourth-order valence-corrected chi connectivity index (χ4v) is 4.82. The van der Waals surface area contributed by atoms with Crippen molar-refractivity contribution >= 4 is 40.3 Å². The van der Waals surface area contributed by atoms with Crippen LogP contribution in [0.5, 0.6) is 0 Å². The van der Waals surface area contributed by atoms with Gasteiger partial charge in [-0.3, -0.25) is 19.8 Å². The maximum Gasteiger partial charge on any atom is 0.293 e. The van der Waals surface area contributed by atoms with Crippen LogP contribution in [0.4, 0.5) is 11.4 Å². The van der Waals surface area contributed by atoms with Crippen LogP contribution < -0.4 is 4.90 Å². The fourth-order valence-electron chi connectivity index (χ4n) is 3.30. The second kappa shape index (κ2) is 8.17. The summed E-state index contributed by atoms with van der Waals surface area (Å²) in [6.07, 6.45) is 0.632. The number of hydrogen-bond donors (Lipinski definition) is 0. The minimum Gasteiger partial charge on any atom is -0.363 e. The van der Waals surface area contributed by atoms with Crippen LogP contribution in [0.1, 0.15) is 16.1 Å². The van der Waals surface area contributed by atoms with E-state index in [1.165, 1.54) is 6.07 Å². The molecule has 0 amide bonds. The molecular weight excluding hydrogens is 396 g/mol. The van der Waals surface area contributed by atoms with Crippen molar-refractivity contribution in [1.82, 2.24) is 9.88 Å². The van der Waals surface area contributed by atoms with Gasteiger partial charge in [-0.2, -0.15) is 11.3 Å². The lowest BCUT2D eigenvalue weighted by Gasteiger charge is -2.35. The van der Waals surface area contributed by atoms with Crippen LogP contribution in [-0.2, 0) is 6.54 Å². The van der Waals surface area contributed by atoms with Crippen molar-refractivity contribution < 1.29 is 9.72 Å². The molecule has 0 saturated carbocycles. The lowest BCUT2D eigenvalue weighted by Crippen LogP contribution is -2.46. The summed E-state index contributed by atoms with van der Waals surface area (Å²) in [5.74, 6) is 0. The predicted molar refractivity (Wildman–Crippen MR) is 111 cm³/mol. The van der Waals surface area contributed by atoms with E-state index >= 15 is 0 Å². The van der Waals surface area contributed by atoms with Crippen LogP contribution in [-0.4, -0.2) is 47.3 Å². The number of aromatic nitrogens is 1. The summed E-state index contributed by atoms with van der Waals surface area (Å²) in [5.41, 5.74) is 3.10. The highest BCUT2D eigenvalue weighted by atomic mass is 32.1. The summed E-state index contributed by atoms with van der Waals surface area (Å²) < 4.78 is 0. The van der Waals surface area contributed by atoms with Crippen LogP contribution in [0.3, 0.4) is 0 Å². The average Bonchev–Trinajstić information content (AvgIpc) is 3.40. The van der Waals surface area contributed by atoms with Gasteiger partial charge in [0, 0.05) is 60.7 Å². The molecule has 0 aliphatic carbocycles. The van der Waals surface area contributed by atoms with Crippen molar-refractivity contribution in [1.29, 1.82) is 0 Å². The van der Waals surface area contributed by atoms with Crippen LogP contribution in [0.15, 0.2) is 40.4 Å². The third kappa shape index (κ3) is 3.96. The van der Waals surface area contributed by atoms with Gasteiger partial charge in [0.25, 0.3) is 5.69 Å². The molecule has 2 aromatic heterocycles. The number of piperazine rings is 1. The van der Waals surface area contributed by atoms with Gasteiger partial charge in [-0.15, -0.1) is 11.3 Å². The Morgan fingerprint density at radius 1 is 1.18 bits per heavy atom. The summed E-state index contributed by atoms with van der Waals surface area (Å²) in [6.45, 7) is 3.78. The van der Waals surface area contributed by atoms with Crippen molar-refractivity contribution in [2.75, 3.05) is 31.1 Å². The van der Waals surface area contributed by atoms with E-state index in [1.807, 2.05) is 4.90 Å². The SMILES string of the molecule is O=Cc1ccc(N2CCN(Cc3csc(-c4ccsc4)n3)CC2)c([N+](=O)[O-])c1. The molecule has 0 spiro atoms. The van der Waals surface area contributed by atoms with Crippen LogP contribution in [0.25, 0.3) is 10.6 Å². The first-order valence-corrected chi connectivity index (χ1v) is 10.6. The summed E-state index contributed by atoms with van der Waals surface area (Å²) in [4.78, 5) is 30.9. The molecule has 3 heterocycles. The van der Waals surface area contributed by atoms with Gasteiger partial charge in [0.15, 0.2) is 0 Å². The molecule has 0 bridgehead atoms. The third-order valence-corrected chi connectivity index (χ3v) is 6.37. The maximum atomic E-state index is 11.4. The van der Waals surface area contributed by atoms with E-state index in [4.69, 9.17) is 4.98 Å². The molecule has 1 fully saturated rings. The highest BCUT2D eigenvalue weighted by molar-refractivity contribution is 7.14. The largest absolute Gasteiger partial charge is 0.363 e. The van der Waals surface area contributed by atoms with Gasteiger partial charge in [-0.25, -0.2) is 4.98 Å². The van der Waals surface area contributed by atoms with Gasteiger partial charge >= 0.3 is 0 Å². The number of rotatable bonds is 6. The first-order valence-electron chi connectivity index (χ1n) is 8.82. The van der Waals surface area contributed by atoms with Crippen molar-refractivity contribution in [2.24, 2.45) is 0 Å². The summed E-state index contributed by atoms with van der Waals surface area (Å²) in [6, 6.07) is 6.72. The van der Waals surface area contributed by atoms with Crippen molar-refractivity contribution in [3.05, 3.63) is 61.8 Å². The first-order chi connectivity index (χ1) is 13.6. The van der Waals surface area contributed by atoms with Gasteiger partial charge in [0.05, 0.1) is 10.6 Å². The molecule has 9 heteroatoms. The van der Waals surface area contributed by atoms with E-state index in [2.05, 4.69) is 27.1 Å². The number of anilines is 1. The first kappa shape index (κ1) is 18.7. The molecule has 7 nitrogen and oxygen atoms in total. The molecule has 144 valence electrons. The molecule has 3 aromatic rings. The van der Waals surface area contributed by atoms with Crippen molar-refractivity contribution in [3.8, 4) is 10.6 Å². The Morgan fingerprint density at radius 2 is 2.00 bits per heavy atom. The molecule has 0 unspecified atom stereocenters. The summed E-state index contributed by atoms with van der Waals surface area (Å²) in [7, 11) is 0. The Hall–Kier alpha value is -2.62. The normalized spacial score (nSPS) is 14.9. The summed E-state index contributed by atoms with van der Waals surface area (Å²) in [5, 5.41) is 18.7. The molecule has 1 aromatic carbocycles. The lowest BCUT2D eigenvalue weighted by molar-refractivity contribution is -0.384. The molecule has 0 radical (unpaired) electrons. The number of hydrogen-bond acceptors (Lipinski definition) is 8. The third-order valence-electron chi connectivity index (χ3n) is 4.75. The smallest absolute Gasteiger partial charge is 0.293 e. The van der Waals surface area contributed by atoms with Crippen LogP contribution >= 0.6 is 22.7 Å². The maximum absolute atomic E-state index is 11.4. The molecule has 1 saturated heterocycles. The monoisotopic (exact) mass is 414 g/mol. The Bertz CT molecular complexity index is 979. The average molecular weight is 415 g/mol. The van der Waals surface area contributed by atoms with Crippen molar-refractivity contribution in [3.63, 3.8) is 0 Å². The number of benzene rings is 1. The minimum atomic E-state index is -0.421. The number of thiazole rings is 1. The zero-order chi connectivity index (χ0) is 19.5. The number of aldehydes is 1. The Labute approximate surface area is 170 Å². The predicted octanol–water partition coefficient (Wildman–Crippen LogP) is 3.91. The number of carbonyl (C=O) groups is 1. The van der Waals surface area contributed by atoms with Crippen LogP contribution in [0, 0.1) is 10.1 Å². The highest BCUT2D eigenvalue weighted by Crippen LogP contribution is 2.30. The Kier molecular flexibility index (Phi) is 5.47. The fraction of sp³-hybridized carbons (Fsp3) is 0.263. The number of nitro benzene ring substituents is 1. The minimum absolute atomic E-state index is 0.0158. The molecule has 28 heavy (non-hydrogen) atoms. The van der Waals surface area contributed by atoms with Gasteiger partial charge in [-0.1, -0.05) is 0 Å². The molecular formula is C19H18N4O3S2. The molecule has 0 atom stereocenters. The van der Waals surface area contributed by atoms with E-state index in [0.29, 0.717) is 30.6 Å². The van der Waals surface area contributed by atoms with E-state index in [1.54, 1.807) is 34.8 Å². The Morgan fingerprint density at radius 3 is 2.68 bits per heavy atom. The number of carbonyl (C=O) groups excluding carboxylic acids is 1. The summed E-state index contributed by atoms with van der Waals surface area (Å²) >= 11 is 3.32. The number of thiophene rings is 1. The highest BCUT2D eigenvalue weighted by Gasteiger charge is 2.24. The van der Waals surface area contributed by atoms with Gasteiger partial charge in [-0.05, 0) is 23.6 Å². The van der Waals surface area contributed by atoms with E-state index in [9.17, 15) is 14.9 Å². The second-order valence-corrected chi connectivity index (χ2v) is 8.18. The van der Waals surface area contributed by atoms with Gasteiger partial charge in [0.2, 0.25) is 0 Å². The van der Waals surface area contributed by atoms with E-state index < -0.39 is 4.92 Å². The zero-order valence-corrected chi connectivity index (χ0v) is 16.6. The standard InChI is InChI=1S/C19H18N4O3S2/c24-11-14-1-2-17(18(9-14)23(25)26)22-6-4-21(5-7-22)10-16-13-28-19(20-16)15-3-8-27-12-15/h1-3,8-9,11-13H,4-7,10H2. The van der Waals surface area contributed by atoms with Gasteiger partial charge in [0.1, 0.15) is 17.0 Å². The quantitative estimate of drug-likeness (QED) is 0.346. The number of nitro groups is 1. The Balaban J connectivity index is 1.40.